The van der Waals surface area contributed by atoms with Crippen LogP contribution in [0.1, 0.15) is 25.8 Å². The molecular weight excluding hydrogens is 270 g/mol. The van der Waals surface area contributed by atoms with Gasteiger partial charge in [0.05, 0.1) is 0 Å². The van der Waals surface area contributed by atoms with Crippen molar-refractivity contribution < 1.29 is 4.79 Å². The third-order valence-corrected chi connectivity index (χ3v) is 3.97. The molecule has 0 aliphatic heterocycles. The molecule has 1 aromatic heterocycles. The van der Waals surface area contributed by atoms with Crippen LogP contribution < -0.4 is 4.90 Å². The number of benzene rings is 1. The van der Waals surface area contributed by atoms with Gasteiger partial charge in [-0.05, 0) is 18.9 Å². The molecule has 0 aliphatic rings. The maximum atomic E-state index is 12.0. The van der Waals surface area contributed by atoms with E-state index in [0.29, 0.717) is 17.5 Å². The Balaban J connectivity index is 2.18. The van der Waals surface area contributed by atoms with Gasteiger partial charge in [0.2, 0.25) is 11.0 Å². The molecule has 20 heavy (non-hydrogen) atoms. The van der Waals surface area contributed by atoms with Crippen molar-refractivity contribution in [1.29, 1.82) is 0 Å². The number of carbonyl (C=O) groups excluding carboxylic acids is 1. The van der Waals surface area contributed by atoms with Crippen LogP contribution in [0.2, 0.25) is 0 Å². The minimum absolute atomic E-state index is 0.0759. The molecule has 0 spiro atoms. The number of aryl methyl sites for hydroxylation is 1. The molecule has 0 atom stereocenters. The van der Waals surface area contributed by atoms with Gasteiger partial charge in [-0.2, -0.15) is 0 Å². The number of carbonyl (C=O) groups is 1. The molecule has 1 amide bonds. The van der Waals surface area contributed by atoms with E-state index < -0.39 is 0 Å². The Hall–Kier alpha value is -1.75. The van der Waals surface area contributed by atoms with Crippen molar-refractivity contribution in [3.63, 3.8) is 0 Å². The van der Waals surface area contributed by atoms with Gasteiger partial charge < -0.3 is 0 Å². The quantitative estimate of drug-likeness (QED) is 0.865. The van der Waals surface area contributed by atoms with E-state index in [-0.39, 0.29) is 5.91 Å². The van der Waals surface area contributed by atoms with Gasteiger partial charge in [-0.3, -0.25) is 9.69 Å². The molecule has 2 aromatic rings. The molecule has 5 heteroatoms. The third kappa shape index (κ3) is 3.42. The summed E-state index contributed by atoms with van der Waals surface area (Å²) < 4.78 is 0. The second-order valence-corrected chi connectivity index (χ2v) is 6.27. The van der Waals surface area contributed by atoms with E-state index in [1.54, 1.807) is 11.9 Å². The fourth-order valence-electron chi connectivity index (χ4n) is 1.84. The molecule has 0 radical (unpaired) electrons. The predicted octanol–water partition coefficient (Wildman–Crippen LogP) is 3.52. The fourth-order valence-corrected chi connectivity index (χ4v) is 2.66. The molecule has 0 saturated heterocycles. The molecule has 0 fully saturated rings. The molecule has 0 bridgehead atoms. The minimum Gasteiger partial charge on any atom is -0.290 e. The lowest BCUT2D eigenvalue weighted by atomic mass is 10.1. The van der Waals surface area contributed by atoms with Crippen LogP contribution in [0.15, 0.2) is 24.3 Å². The summed E-state index contributed by atoms with van der Waals surface area (Å²) >= 11 is 1.44. The van der Waals surface area contributed by atoms with Crippen LogP contribution in [0.25, 0.3) is 10.6 Å². The topological polar surface area (TPSA) is 46.1 Å². The fraction of sp³-hybridized carbons (Fsp3) is 0.400. The first-order valence-corrected chi connectivity index (χ1v) is 7.46. The first-order chi connectivity index (χ1) is 9.47. The van der Waals surface area contributed by atoms with E-state index in [1.807, 2.05) is 39.0 Å². The van der Waals surface area contributed by atoms with Gasteiger partial charge in [-0.25, -0.2) is 0 Å². The van der Waals surface area contributed by atoms with Gasteiger partial charge in [-0.15, -0.1) is 10.2 Å². The molecule has 0 saturated carbocycles. The second kappa shape index (κ2) is 6.13. The Morgan fingerprint density at radius 3 is 2.75 bits per heavy atom. The SMILES string of the molecule is Cc1cccc(-c2nnc(N(C)C(=O)CC(C)C)s2)c1. The van der Waals surface area contributed by atoms with Crippen molar-refractivity contribution >= 4 is 22.4 Å². The van der Waals surface area contributed by atoms with Gasteiger partial charge in [0.1, 0.15) is 5.01 Å². The molecular formula is C15H19N3OS. The Labute approximate surface area is 123 Å². The Kier molecular flexibility index (Phi) is 4.49. The van der Waals surface area contributed by atoms with E-state index in [9.17, 15) is 4.79 Å². The number of nitrogens with zero attached hydrogens (tertiary/aromatic N) is 3. The Bertz CT molecular complexity index is 607. The molecule has 0 unspecified atom stereocenters. The van der Waals surface area contributed by atoms with E-state index in [4.69, 9.17) is 0 Å². The van der Waals surface area contributed by atoms with Crippen molar-refractivity contribution in [2.45, 2.75) is 27.2 Å². The van der Waals surface area contributed by atoms with Crippen molar-refractivity contribution in [2.24, 2.45) is 5.92 Å². The van der Waals surface area contributed by atoms with E-state index in [0.717, 1.165) is 10.6 Å². The number of amides is 1. The van der Waals surface area contributed by atoms with Crippen molar-refractivity contribution in [2.75, 3.05) is 11.9 Å². The van der Waals surface area contributed by atoms with Crippen LogP contribution in [0.3, 0.4) is 0 Å². The highest BCUT2D eigenvalue weighted by Crippen LogP contribution is 2.29. The predicted molar refractivity (Wildman–Crippen MR) is 82.9 cm³/mol. The first kappa shape index (κ1) is 14.7. The Morgan fingerprint density at radius 2 is 2.10 bits per heavy atom. The van der Waals surface area contributed by atoms with Crippen LogP contribution in [0.5, 0.6) is 0 Å². The smallest absolute Gasteiger partial charge is 0.228 e. The summed E-state index contributed by atoms with van der Waals surface area (Å²) in [6.45, 7) is 6.11. The number of hydrogen-bond donors (Lipinski definition) is 0. The van der Waals surface area contributed by atoms with E-state index in [1.165, 1.54) is 16.9 Å². The lowest BCUT2D eigenvalue weighted by molar-refractivity contribution is -0.119. The van der Waals surface area contributed by atoms with Crippen LogP contribution in [0.4, 0.5) is 5.13 Å². The maximum Gasteiger partial charge on any atom is 0.228 e. The number of hydrogen-bond acceptors (Lipinski definition) is 4. The average molecular weight is 289 g/mol. The molecule has 1 aromatic carbocycles. The highest BCUT2D eigenvalue weighted by atomic mass is 32.1. The van der Waals surface area contributed by atoms with E-state index in [2.05, 4.69) is 16.3 Å². The lowest BCUT2D eigenvalue weighted by Gasteiger charge is -2.14. The van der Waals surface area contributed by atoms with Crippen molar-refractivity contribution in [1.82, 2.24) is 10.2 Å². The molecule has 0 aliphatic carbocycles. The summed E-state index contributed by atoms with van der Waals surface area (Å²) in [4.78, 5) is 13.6. The first-order valence-electron chi connectivity index (χ1n) is 6.64. The van der Waals surface area contributed by atoms with Gasteiger partial charge in [0.15, 0.2) is 0 Å². The molecule has 106 valence electrons. The number of anilines is 1. The van der Waals surface area contributed by atoms with Gasteiger partial charge in [-0.1, -0.05) is 48.9 Å². The summed E-state index contributed by atoms with van der Waals surface area (Å²) in [5.41, 5.74) is 2.22. The summed E-state index contributed by atoms with van der Waals surface area (Å²) in [6.07, 6.45) is 0.524. The summed E-state index contributed by atoms with van der Waals surface area (Å²) in [6, 6.07) is 8.12. The largest absolute Gasteiger partial charge is 0.290 e. The molecule has 4 nitrogen and oxygen atoms in total. The van der Waals surface area contributed by atoms with Gasteiger partial charge >= 0.3 is 0 Å². The molecule has 0 N–H and O–H groups in total. The standard InChI is InChI=1S/C15H19N3OS/c1-10(2)8-13(19)18(4)15-17-16-14(20-15)12-7-5-6-11(3)9-12/h5-7,9-10H,8H2,1-4H3. The highest BCUT2D eigenvalue weighted by Gasteiger charge is 2.17. The Morgan fingerprint density at radius 1 is 1.35 bits per heavy atom. The number of rotatable bonds is 4. The summed E-state index contributed by atoms with van der Waals surface area (Å²) in [7, 11) is 1.76. The summed E-state index contributed by atoms with van der Waals surface area (Å²) in [5.74, 6) is 0.418. The van der Waals surface area contributed by atoms with Gasteiger partial charge in [0.25, 0.3) is 0 Å². The average Bonchev–Trinajstić information content (AvgIpc) is 2.86. The van der Waals surface area contributed by atoms with Crippen LogP contribution in [-0.2, 0) is 4.79 Å². The minimum atomic E-state index is 0.0759. The van der Waals surface area contributed by atoms with Gasteiger partial charge in [0, 0.05) is 19.0 Å². The normalized spacial score (nSPS) is 10.8. The van der Waals surface area contributed by atoms with Crippen LogP contribution in [0, 0.1) is 12.8 Å². The van der Waals surface area contributed by atoms with E-state index >= 15 is 0 Å². The molecule has 2 rings (SSSR count). The maximum absolute atomic E-state index is 12.0. The van der Waals surface area contributed by atoms with Crippen LogP contribution >= 0.6 is 11.3 Å². The van der Waals surface area contributed by atoms with Crippen LogP contribution in [-0.4, -0.2) is 23.2 Å². The second-order valence-electron chi connectivity index (χ2n) is 5.31. The highest BCUT2D eigenvalue weighted by molar-refractivity contribution is 7.18. The zero-order valence-electron chi connectivity index (χ0n) is 12.3. The monoisotopic (exact) mass is 289 g/mol. The lowest BCUT2D eigenvalue weighted by Crippen LogP contribution is -2.27. The zero-order chi connectivity index (χ0) is 14.7. The third-order valence-electron chi connectivity index (χ3n) is 2.92. The van der Waals surface area contributed by atoms with Crippen molar-refractivity contribution in [3.8, 4) is 10.6 Å². The summed E-state index contributed by atoms with van der Waals surface area (Å²) in [5, 5.41) is 9.80. The molecule has 1 heterocycles. The van der Waals surface area contributed by atoms with Crippen molar-refractivity contribution in [3.05, 3.63) is 29.8 Å². The number of aromatic nitrogens is 2. The zero-order valence-corrected chi connectivity index (χ0v) is 13.1.